The highest BCUT2D eigenvalue weighted by molar-refractivity contribution is 5.90. The minimum absolute atomic E-state index is 0.120. The van der Waals surface area contributed by atoms with Crippen LogP contribution in [0.25, 0.3) is 0 Å². The molecule has 7 heteroatoms. The van der Waals surface area contributed by atoms with Crippen LogP contribution in [0.5, 0.6) is 0 Å². The highest BCUT2D eigenvalue weighted by Crippen LogP contribution is 2.10. The van der Waals surface area contributed by atoms with Crippen LogP contribution < -0.4 is 11.1 Å². The fourth-order valence-electron chi connectivity index (χ4n) is 1.17. The van der Waals surface area contributed by atoms with Crippen molar-refractivity contribution in [2.75, 3.05) is 5.32 Å². The van der Waals surface area contributed by atoms with Gasteiger partial charge in [-0.05, 0) is 6.92 Å². The van der Waals surface area contributed by atoms with E-state index in [9.17, 15) is 4.79 Å². The van der Waals surface area contributed by atoms with Crippen molar-refractivity contribution >= 4 is 17.5 Å². The van der Waals surface area contributed by atoms with Crippen molar-refractivity contribution in [3.63, 3.8) is 0 Å². The smallest absolute Gasteiger partial charge is 0.268 e. The predicted octanol–water partition coefficient (Wildman–Crippen LogP) is 0.418. The van der Waals surface area contributed by atoms with Crippen LogP contribution in [0.2, 0.25) is 0 Å². The lowest BCUT2D eigenvalue weighted by Crippen LogP contribution is -2.13. The number of nitrogens with zero attached hydrogens (tertiary/aromatic N) is 4. The van der Waals surface area contributed by atoms with Gasteiger partial charge >= 0.3 is 0 Å². The zero-order valence-corrected chi connectivity index (χ0v) is 9.08. The second kappa shape index (κ2) is 4.52. The molecule has 0 aliphatic carbocycles. The maximum atomic E-state index is 10.8. The second-order valence-electron chi connectivity index (χ2n) is 3.32. The van der Waals surface area contributed by atoms with Crippen LogP contribution >= 0.6 is 0 Å². The summed E-state index contributed by atoms with van der Waals surface area (Å²) in [6, 6.07) is 1.77. The second-order valence-corrected chi connectivity index (χ2v) is 3.32. The number of hydrogen-bond donors (Lipinski definition) is 2. The lowest BCUT2D eigenvalue weighted by Gasteiger charge is -2.04. The van der Waals surface area contributed by atoms with Crippen molar-refractivity contribution < 1.29 is 4.79 Å². The largest absolute Gasteiger partial charge is 0.364 e. The molecule has 0 spiro atoms. The molecule has 7 nitrogen and oxygen atoms in total. The van der Waals surface area contributed by atoms with E-state index in [-0.39, 0.29) is 5.69 Å². The van der Waals surface area contributed by atoms with Gasteiger partial charge in [0.05, 0.1) is 12.4 Å². The topological polar surface area (TPSA) is 107 Å². The third-order valence-corrected chi connectivity index (χ3v) is 1.96. The molecule has 0 fully saturated rings. The summed E-state index contributed by atoms with van der Waals surface area (Å²) < 4.78 is 0. The number of primary amides is 1. The van der Waals surface area contributed by atoms with E-state index < -0.39 is 5.91 Å². The zero-order chi connectivity index (χ0) is 12.3. The van der Waals surface area contributed by atoms with Crippen LogP contribution in [0.3, 0.4) is 0 Å². The fourth-order valence-corrected chi connectivity index (χ4v) is 1.17. The SMILES string of the molecule is Cc1cc(Nc2cnc(C(N)=O)cn2)ncn1. The van der Waals surface area contributed by atoms with Gasteiger partial charge in [0.25, 0.3) is 5.91 Å². The van der Waals surface area contributed by atoms with Crippen molar-refractivity contribution in [3.05, 3.63) is 36.2 Å². The van der Waals surface area contributed by atoms with Crippen LogP contribution in [-0.4, -0.2) is 25.8 Å². The average molecular weight is 230 g/mol. The van der Waals surface area contributed by atoms with Crippen molar-refractivity contribution in [2.45, 2.75) is 6.92 Å². The first kappa shape index (κ1) is 10.9. The molecular weight excluding hydrogens is 220 g/mol. The Labute approximate surface area is 97.1 Å². The number of aryl methyl sites for hydroxylation is 1. The van der Waals surface area contributed by atoms with E-state index in [0.717, 1.165) is 5.69 Å². The summed E-state index contributed by atoms with van der Waals surface area (Å²) in [5, 5.41) is 2.93. The Hall–Kier alpha value is -2.57. The highest BCUT2D eigenvalue weighted by atomic mass is 16.1. The molecule has 0 atom stereocenters. The molecule has 0 aliphatic heterocycles. The van der Waals surface area contributed by atoms with E-state index >= 15 is 0 Å². The van der Waals surface area contributed by atoms with E-state index in [1.165, 1.54) is 18.7 Å². The molecule has 0 saturated carbocycles. The minimum atomic E-state index is -0.609. The maximum absolute atomic E-state index is 10.8. The first-order chi connectivity index (χ1) is 8.15. The van der Waals surface area contributed by atoms with Gasteiger partial charge in [0.2, 0.25) is 0 Å². The molecule has 0 aromatic carbocycles. The van der Waals surface area contributed by atoms with Crippen molar-refractivity contribution in [1.29, 1.82) is 0 Å². The molecule has 0 aliphatic rings. The quantitative estimate of drug-likeness (QED) is 0.791. The van der Waals surface area contributed by atoms with Crippen molar-refractivity contribution in [1.82, 2.24) is 19.9 Å². The first-order valence-corrected chi connectivity index (χ1v) is 4.82. The Morgan fingerprint density at radius 2 is 2.00 bits per heavy atom. The fraction of sp³-hybridized carbons (Fsp3) is 0.100. The van der Waals surface area contributed by atoms with Crippen LogP contribution in [0.4, 0.5) is 11.6 Å². The molecule has 17 heavy (non-hydrogen) atoms. The molecule has 0 unspecified atom stereocenters. The van der Waals surface area contributed by atoms with Crippen LogP contribution in [0, 0.1) is 6.92 Å². The van der Waals surface area contributed by atoms with Gasteiger partial charge < -0.3 is 11.1 Å². The number of rotatable bonds is 3. The number of hydrogen-bond acceptors (Lipinski definition) is 6. The Balaban J connectivity index is 2.16. The Morgan fingerprint density at radius 1 is 1.18 bits per heavy atom. The molecule has 0 saturated heterocycles. The molecule has 2 aromatic heterocycles. The molecule has 2 heterocycles. The molecule has 2 rings (SSSR count). The van der Waals surface area contributed by atoms with E-state index in [1.807, 2.05) is 6.92 Å². The summed E-state index contributed by atoms with van der Waals surface area (Å²) in [5.41, 5.74) is 6.01. The summed E-state index contributed by atoms with van der Waals surface area (Å²) in [6.45, 7) is 1.86. The normalized spacial score (nSPS) is 9.94. The van der Waals surface area contributed by atoms with Crippen molar-refractivity contribution in [2.24, 2.45) is 5.73 Å². The number of anilines is 2. The van der Waals surface area contributed by atoms with Crippen LogP contribution in [0.1, 0.15) is 16.2 Å². The summed E-state index contributed by atoms with van der Waals surface area (Å²) >= 11 is 0. The average Bonchev–Trinajstić information content (AvgIpc) is 2.29. The summed E-state index contributed by atoms with van der Waals surface area (Å²) in [5.74, 6) is 0.480. The van der Waals surface area contributed by atoms with Gasteiger partial charge in [0.1, 0.15) is 23.7 Å². The van der Waals surface area contributed by atoms with Gasteiger partial charge in [0.15, 0.2) is 0 Å². The lowest BCUT2D eigenvalue weighted by atomic mass is 10.4. The molecule has 1 amide bonds. The summed E-state index contributed by atoms with van der Waals surface area (Å²) in [4.78, 5) is 26.6. The Morgan fingerprint density at radius 3 is 2.59 bits per heavy atom. The maximum Gasteiger partial charge on any atom is 0.268 e. The molecule has 0 bridgehead atoms. The van der Waals surface area contributed by atoms with Gasteiger partial charge in [-0.1, -0.05) is 0 Å². The minimum Gasteiger partial charge on any atom is -0.364 e. The molecule has 3 N–H and O–H groups in total. The predicted molar refractivity (Wildman–Crippen MR) is 60.6 cm³/mol. The molecule has 2 aromatic rings. The van der Waals surface area contributed by atoms with E-state index in [4.69, 9.17) is 5.73 Å². The number of carbonyl (C=O) groups excluding carboxylic acids is 1. The molecule has 86 valence electrons. The summed E-state index contributed by atoms with van der Waals surface area (Å²) in [7, 11) is 0. The highest BCUT2D eigenvalue weighted by Gasteiger charge is 2.03. The van der Waals surface area contributed by atoms with Gasteiger partial charge in [-0.2, -0.15) is 0 Å². The Bertz CT molecular complexity index is 539. The molecule has 0 radical (unpaired) electrons. The van der Waals surface area contributed by atoms with Gasteiger partial charge in [0, 0.05) is 11.8 Å². The third-order valence-electron chi connectivity index (χ3n) is 1.96. The van der Waals surface area contributed by atoms with Gasteiger partial charge in [-0.15, -0.1) is 0 Å². The standard InChI is InChI=1S/C10H10N6O/c1-6-2-8(15-5-14-6)16-9-4-12-7(3-13-9)10(11)17/h2-5H,1H3,(H2,11,17)(H,13,14,15,16). The Kier molecular flexibility index (Phi) is 2.91. The van der Waals surface area contributed by atoms with Crippen molar-refractivity contribution in [3.8, 4) is 0 Å². The number of aromatic nitrogens is 4. The summed E-state index contributed by atoms with van der Waals surface area (Å²) in [6.07, 6.45) is 4.17. The van der Waals surface area contributed by atoms with E-state index in [1.54, 1.807) is 6.07 Å². The third kappa shape index (κ3) is 2.71. The van der Waals surface area contributed by atoms with Crippen LogP contribution in [0.15, 0.2) is 24.8 Å². The van der Waals surface area contributed by atoms with Crippen LogP contribution in [-0.2, 0) is 0 Å². The van der Waals surface area contributed by atoms with E-state index in [0.29, 0.717) is 11.6 Å². The zero-order valence-electron chi connectivity index (χ0n) is 9.08. The number of nitrogens with one attached hydrogen (secondary N) is 1. The first-order valence-electron chi connectivity index (χ1n) is 4.82. The number of nitrogens with two attached hydrogens (primary N) is 1. The monoisotopic (exact) mass is 230 g/mol. The lowest BCUT2D eigenvalue weighted by molar-refractivity contribution is 0.0995. The number of carbonyl (C=O) groups is 1. The number of amides is 1. The molecular formula is C10H10N6O. The van der Waals surface area contributed by atoms with Gasteiger partial charge in [-0.3, -0.25) is 4.79 Å². The van der Waals surface area contributed by atoms with Gasteiger partial charge in [-0.25, -0.2) is 19.9 Å². The van der Waals surface area contributed by atoms with E-state index in [2.05, 4.69) is 25.3 Å².